The third kappa shape index (κ3) is 3.10. The summed E-state index contributed by atoms with van der Waals surface area (Å²) in [6, 6.07) is -0.303. The van der Waals surface area contributed by atoms with Gasteiger partial charge in [-0.2, -0.15) is 14.5 Å². The van der Waals surface area contributed by atoms with Gasteiger partial charge in [-0.3, -0.25) is 9.36 Å². The minimum absolute atomic E-state index is 0.231. The molecule has 0 spiro atoms. The fourth-order valence-electron chi connectivity index (χ4n) is 3.22. The van der Waals surface area contributed by atoms with E-state index < -0.39 is 10.0 Å². The molecule has 1 unspecified atom stereocenters. The maximum Gasteiger partial charge on any atom is 0.246 e. The topological polar surface area (TPSA) is 73.0 Å². The van der Waals surface area contributed by atoms with Crippen LogP contribution >= 0.6 is 11.6 Å². The second-order valence-corrected chi connectivity index (χ2v) is 8.31. The average Bonchev–Trinajstić information content (AvgIpc) is 3.08. The lowest BCUT2D eigenvalue weighted by molar-refractivity contribution is 0.315. The molecule has 1 saturated heterocycles. The Balaban J connectivity index is 2.04. The number of hydrogen-bond donors (Lipinski definition) is 0. The lowest BCUT2D eigenvalue weighted by Crippen LogP contribution is -2.35. The first-order valence-corrected chi connectivity index (χ1v) is 9.98. The SMILES string of the molecule is CCn1cc(S(=O)(=O)N2CCCCCC2c2c(Cl)cnn2C)cn1. The average molecular weight is 372 g/mol. The first kappa shape index (κ1) is 17.4. The predicted molar refractivity (Wildman–Crippen MR) is 91.2 cm³/mol. The first-order valence-electron chi connectivity index (χ1n) is 8.17. The molecule has 2 aromatic rings. The van der Waals surface area contributed by atoms with Crippen molar-refractivity contribution < 1.29 is 8.42 Å². The number of aryl methyl sites for hydroxylation is 2. The van der Waals surface area contributed by atoms with Gasteiger partial charge in [-0.05, 0) is 19.8 Å². The number of nitrogens with zero attached hydrogens (tertiary/aromatic N) is 5. The predicted octanol–water partition coefficient (Wildman–Crippen LogP) is 2.60. The molecule has 0 amide bonds. The molecule has 1 aliphatic rings. The molecular weight excluding hydrogens is 350 g/mol. The molecule has 7 nitrogen and oxygen atoms in total. The van der Waals surface area contributed by atoms with Crippen LogP contribution < -0.4 is 0 Å². The summed E-state index contributed by atoms with van der Waals surface area (Å²) in [6.07, 6.45) is 8.13. The number of halogens is 1. The molecule has 0 bridgehead atoms. The highest BCUT2D eigenvalue weighted by Gasteiger charge is 2.36. The molecule has 0 radical (unpaired) electrons. The highest BCUT2D eigenvalue weighted by Crippen LogP contribution is 2.37. The monoisotopic (exact) mass is 371 g/mol. The highest BCUT2D eigenvalue weighted by atomic mass is 35.5. The van der Waals surface area contributed by atoms with Crippen molar-refractivity contribution in [3.63, 3.8) is 0 Å². The van der Waals surface area contributed by atoms with E-state index in [0.717, 1.165) is 31.4 Å². The van der Waals surface area contributed by atoms with Gasteiger partial charge in [0.2, 0.25) is 10.0 Å². The lowest BCUT2D eigenvalue weighted by atomic mass is 10.1. The zero-order valence-corrected chi connectivity index (χ0v) is 15.5. The minimum atomic E-state index is -3.63. The Bertz CT molecular complexity index is 794. The Morgan fingerprint density at radius 3 is 2.67 bits per heavy atom. The molecule has 0 N–H and O–H groups in total. The molecule has 0 aromatic carbocycles. The maximum absolute atomic E-state index is 13.2. The molecular formula is C15H22ClN5O2S. The third-order valence-corrected chi connectivity index (χ3v) is 6.65. The Hall–Kier alpha value is -1.38. The van der Waals surface area contributed by atoms with Crippen LogP contribution in [0.25, 0.3) is 0 Å². The van der Waals surface area contributed by atoms with Crippen LogP contribution in [0.3, 0.4) is 0 Å². The molecule has 3 heterocycles. The van der Waals surface area contributed by atoms with Gasteiger partial charge in [-0.1, -0.05) is 24.4 Å². The molecule has 3 rings (SSSR count). The number of rotatable bonds is 4. The molecule has 9 heteroatoms. The summed E-state index contributed by atoms with van der Waals surface area (Å²) >= 11 is 6.30. The van der Waals surface area contributed by atoms with Crippen LogP contribution in [0.1, 0.15) is 44.3 Å². The second kappa shape index (κ2) is 6.85. The van der Waals surface area contributed by atoms with Gasteiger partial charge in [0.15, 0.2) is 0 Å². The zero-order chi connectivity index (χ0) is 17.3. The molecule has 1 fully saturated rings. The van der Waals surface area contributed by atoms with Crippen molar-refractivity contribution in [2.45, 2.75) is 50.1 Å². The third-order valence-electron chi connectivity index (χ3n) is 4.50. The van der Waals surface area contributed by atoms with Crippen LogP contribution in [0.2, 0.25) is 5.02 Å². The summed E-state index contributed by atoms with van der Waals surface area (Å²) in [5.74, 6) is 0. The van der Waals surface area contributed by atoms with Gasteiger partial charge >= 0.3 is 0 Å². The minimum Gasteiger partial charge on any atom is -0.272 e. The molecule has 0 saturated carbocycles. The van der Waals surface area contributed by atoms with E-state index in [9.17, 15) is 8.42 Å². The van der Waals surface area contributed by atoms with E-state index in [1.807, 2.05) is 6.92 Å². The summed E-state index contributed by atoms with van der Waals surface area (Å²) in [6.45, 7) is 3.03. The maximum atomic E-state index is 13.2. The van der Waals surface area contributed by atoms with Gasteiger partial charge in [-0.15, -0.1) is 0 Å². The molecule has 24 heavy (non-hydrogen) atoms. The zero-order valence-electron chi connectivity index (χ0n) is 13.9. The van der Waals surface area contributed by atoms with E-state index >= 15 is 0 Å². The van der Waals surface area contributed by atoms with Crippen LogP contribution in [-0.2, 0) is 23.6 Å². The summed E-state index contributed by atoms with van der Waals surface area (Å²) in [5.41, 5.74) is 0.755. The van der Waals surface area contributed by atoms with Crippen molar-refractivity contribution in [3.05, 3.63) is 29.3 Å². The van der Waals surface area contributed by atoms with Gasteiger partial charge in [0, 0.05) is 26.3 Å². The lowest BCUT2D eigenvalue weighted by Gasteiger charge is -2.29. The second-order valence-electron chi connectivity index (χ2n) is 6.01. The van der Waals surface area contributed by atoms with Crippen LogP contribution in [0, 0.1) is 0 Å². The van der Waals surface area contributed by atoms with Gasteiger partial charge in [0.05, 0.1) is 29.2 Å². The quantitative estimate of drug-likeness (QED) is 0.828. The summed E-state index contributed by atoms with van der Waals surface area (Å²) in [4.78, 5) is 0.231. The number of hydrogen-bond acceptors (Lipinski definition) is 4. The normalized spacial score (nSPS) is 20.2. The van der Waals surface area contributed by atoms with Crippen molar-refractivity contribution in [3.8, 4) is 0 Å². The summed E-state index contributed by atoms with van der Waals surface area (Å²) in [5, 5.41) is 8.79. The fourth-order valence-corrected chi connectivity index (χ4v) is 5.13. The Labute approximate surface area is 147 Å². The van der Waals surface area contributed by atoms with E-state index in [1.54, 1.807) is 33.1 Å². The smallest absolute Gasteiger partial charge is 0.246 e. The van der Waals surface area contributed by atoms with Crippen LogP contribution in [0.15, 0.2) is 23.5 Å². The molecule has 0 aliphatic carbocycles. The molecule has 2 aromatic heterocycles. The van der Waals surface area contributed by atoms with Crippen LogP contribution in [0.5, 0.6) is 0 Å². The van der Waals surface area contributed by atoms with Crippen LogP contribution in [0.4, 0.5) is 0 Å². The van der Waals surface area contributed by atoms with Gasteiger partial charge in [0.25, 0.3) is 0 Å². The highest BCUT2D eigenvalue weighted by molar-refractivity contribution is 7.89. The van der Waals surface area contributed by atoms with Crippen molar-refractivity contribution in [2.24, 2.45) is 7.05 Å². The Morgan fingerprint density at radius 1 is 1.25 bits per heavy atom. The Morgan fingerprint density at radius 2 is 2.04 bits per heavy atom. The number of aromatic nitrogens is 4. The fraction of sp³-hybridized carbons (Fsp3) is 0.600. The van der Waals surface area contributed by atoms with E-state index in [2.05, 4.69) is 10.2 Å². The summed E-state index contributed by atoms with van der Waals surface area (Å²) < 4.78 is 31.3. The van der Waals surface area contributed by atoms with Crippen molar-refractivity contribution in [2.75, 3.05) is 6.54 Å². The first-order chi connectivity index (χ1) is 11.4. The van der Waals surface area contributed by atoms with Crippen molar-refractivity contribution in [1.29, 1.82) is 0 Å². The standard InChI is InChI=1S/C15H22ClN5O2S/c1-3-20-11-12(9-18-20)24(22,23)21-8-6-4-5-7-14(21)15-13(16)10-17-19(15)2/h9-11,14H,3-8H2,1-2H3. The van der Waals surface area contributed by atoms with E-state index in [1.165, 1.54) is 6.20 Å². The Kier molecular flexibility index (Phi) is 4.98. The van der Waals surface area contributed by atoms with Gasteiger partial charge < -0.3 is 0 Å². The number of sulfonamides is 1. The molecule has 1 atom stereocenters. The van der Waals surface area contributed by atoms with E-state index in [4.69, 9.17) is 11.6 Å². The largest absolute Gasteiger partial charge is 0.272 e. The van der Waals surface area contributed by atoms with Crippen molar-refractivity contribution in [1.82, 2.24) is 23.9 Å². The summed E-state index contributed by atoms with van der Waals surface area (Å²) in [7, 11) is -1.84. The van der Waals surface area contributed by atoms with Crippen LogP contribution in [-0.4, -0.2) is 38.8 Å². The van der Waals surface area contributed by atoms with Crippen molar-refractivity contribution >= 4 is 21.6 Å². The molecule has 1 aliphatic heterocycles. The van der Waals surface area contributed by atoms with Gasteiger partial charge in [0.1, 0.15) is 4.90 Å². The van der Waals surface area contributed by atoms with E-state index in [-0.39, 0.29) is 10.9 Å². The molecule has 132 valence electrons. The van der Waals surface area contributed by atoms with E-state index in [0.29, 0.717) is 18.1 Å². The van der Waals surface area contributed by atoms with Gasteiger partial charge in [-0.25, -0.2) is 8.42 Å².